The number of nitrogens with two attached hydrogens (primary N) is 1. The van der Waals surface area contributed by atoms with Crippen LogP contribution < -0.4 is 15.8 Å². The predicted octanol–water partition coefficient (Wildman–Crippen LogP) is 5.55. The monoisotopic (exact) mass is 587 g/mol. The molecule has 1 atom stereocenters. The highest BCUT2D eigenvalue weighted by molar-refractivity contribution is 6.03. The lowest BCUT2D eigenvalue weighted by Gasteiger charge is -2.38. The normalized spacial score (nSPS) is 17.1. The van der Waals surface area contributed by atoms with Crippen molar-refractivity contribution in [1.29, 1.82) is 0 Å². The first kappa shape index (κ1) is 30.1. The minimum atomic E-state index is -0.527. The van der Waals surface area contributed by atoms with Gasteiger partial charge in [-0.25, -0.2) is 4.68 Å². The molecule has 0 aliphatic carbocycles. The number of likely N-dealkylation sites (tertiary alicyclic amines) is 1. The number of anilines is 1. The van der Waals surface area contributed by atoms with Crippen LogP contribution in [0.25, 0.3) is 11.3 Å². The molecule has 1 aromatic heterocycles. The summed E-state index contributed by atoms with van der Waals surface area (Å²) in [5, 5.41) is 8.30. The van der Waals surface area contributed by atoms with Gasteiger partial charge in [-0.2, -0.15) is 5.10 Å². The van der Waals surface area contributed by atoms with E-state index in [0.29, 0.717) is 61.2 Å². The highest BCUT2D eigenvalue weighted by atomic mass is 16.6. The number of aromatic nitrogens is 2. The molecule has 2 aromatic carbocycles. The summed E-state index contributed by atoms with van der Waals surface area (Å²) in [5.41, 5.74) is 7.08. The smallest absolute Gasteiger partial charge is 0.306 e. The minimum absolute atomic E-state index is 0.0742. The highest BCUT2D eigenvalue weighted by Gasteiger charge is 2.36. The first-order chi connectivity index (χ1) is 20.6. The highest BCUT2D eigenvalue weighted by Crippen LogP contribution is 2.40. The summed E-state index contributed by atoms with van der Waals surface area (Å²) in [5.74, 6) is 1.66. The molecule has 10 heteroatoms. The molecule has 0 bridgehead atoms. The van der Waals surface area contributed by atoms with Gasteiger partial charge in [0.1, 0.15) is 34.2 Å². The van der Waals surface area contributed by atoms with Crippen LogP contribution in [0.15, 0.2) is 54.6 Å². The number of nitrogens with zero attached hydrogens (tertiary/aromatic N) is 3. The number of carbonyl (C=O) groups excluding carboxylic acids is 3. The summed E-state index contributed by atoms with van der Waals surface area (Å²) in [6, 6.07) is 17.1. The summed E-state index contributed by atoms with van der Waals surface area (Å²) in [6.07, 6.45) is 3.61. The molecule has 0 saturated carbocycles. The standard InChI is InChI=1S/C33H41N5O5/c1-33(2,3)43-28(40)11-7-10-27(39)37-20-17-22(18-21-37)26-16-19-35-32-29(31(34)41)30(36-38(26)32)23-12-14-25(15-13-23)42-24-8-5-4-6-9-24/h4-6,8-9,12-15,22,26,35H,7,10-11,16-21H2,1-3H3,(H2,34,41)/t26-/m0/s1. The van der Waals surface area contributed by atoms with Gasteiger partial charge in [-0.15, -0.1) is 0 Å². The first-order valence-corrected chi connectivity index (χ1v) is 15.1. The Hall–Kier alpha value is -4.34. The van der Waals surface area contributed by atoms with Gasteiger partial charge in [0.15, 0.2) is 0 Å². The first-order valence-electron chi connectivity index (χ1n) is 15.1. The zero-order valence-electron chi connectivity index (χ0n) is 25.2. The van der Waals surface area contributed by atoms with Gasteiger partial charge in [0.25, 0.3) is 5.91 Å². The molecular formula is C33H41N5O5. The van der Waals surface area contributed by atoms with Crippen molar-refractivity contribution in [3.8, 4) is 22.8 Å². The quantitative estimate of drug-likeness (QED) is 0.314. The Morgan fingerprint density at radius 1 is 0.953 bits per heavy atom. The maximum absolute atomic E-state index is 12.8. The van der Waals surface area contributed by atoms with Gasteiger partial charge in [0.05, 0.1) is 6.04 Å². The number of nitrogens with one attached hydrogen (secondary N) is 1. The lowest BCUT2D eigenvalue weighted by Crippen LogP contribution is -2.41. The molecule has 0 radical (unpaired) electrons. The Morgan fingerprint density at radius 3 is 2.28 bits per heavy atom. The molecule has 3 aromatic rings. The van der Waals surface area contributed by atoms with Gasteiger partial charge in [-0.1, -0.05) is 18.2 Å². The lowest BCUT2D eigenvalue weighted by molar-refractivity contribution is -0.155. The third-order valence-corrected chi connectivity index (χ3v) is 7.94. The van der Waals surface area contributed by atoms with E-state index in [0.717, 1.165) is 30.6 Å². The van der Waals surface area contributed by atoms with Crippen LogP contribution in [0.4, 0.5) is 5.82 Å². The SMILES string of the molecule is CC(C)(C)OC(=O)CCCC(=O)N1CCC([C@@H]2CCNc3c(C(N)=O)c(-c4ccc(Oc5ccccc5)cc4)nn32)CC1. The van der Waals surface area contributed by atoms with Crippen LogP contribution in [0.3, 0.4) is 0 Å². The van der Waals surface area contributed by atoms with Gasteiger partial charge in [0.2, 0.25) is 5.91 Å². The Balaban J connectivity index is 1.23. The van der Waals surface area contributed by atoms with Gasteiger partial charge in [0, 0.05) is 38.0 Å². The predicted molar refractivity (Wildman–Crippen MR) is 164 cm³/mol. The summed E-state index contributed by atoms with van der Waals surface area (Å²) in [7, 11) is 0. The summed E-state index contributed by atoms with van der Waals surface area (Å²) in [4.78, 5) is 39.4. The van der Waals surface area contributed by atoms with E-state index in [-0.39, 0.29) is 24.3 Å². The number of para-hydroxylation sites is 1. The average Bonchev–Trinajstić information content (AvgIpc) is 3.37. The van der Waals surface area contributed by atoms with E-state index >= 15 is 0 Å². The molecule has 43 heavy (non-hydrogen) atoms. The molecule has 0 unspecified atom stereocenters. The molecule has 228 valence electrons. The molecule has 1 fully saturated rings. The van der Waals surface area contributed by atoms with Crippen molar-refractivity contribution in [2.24, 2.45) is 11.7 Å². The second kappa shape index (κ2) is 12.9. The Morgan fingerprint density at radius 2 is 1.63 bits per heavy atom. The van der Waals surface area contributed by atoms with E-state index in [1.54, 1.807) is 0 Å². The van der Waals surface area contributed by atoms with Crippen molar-refractivity contribution < 1.29 is 23.9 Å². The molecule has 2 aliphatic heterocycles. The number of carbonyl (C=O) groups is 3. The maximum atomic E-state index is 12.8. The molecule has 1 saturated heterocycles. The second-order valence-corrected chi connectivity index (χ2v) is 12.3. The van der Waals surface area contributed by atoms with Crippen molar-refractivity contribution >= 4 is 23.6 Å². The van der Waals surface area contributed by atoms with E-state index in [4.69, 9.17) is 20.3 Å². The topological polar surface area (TPSA) is 129 Å². The molecule has 2 aliphatic rings. The Labute approximate surface area is 252 Å². The maximum Gasteiger partial charge on any atom is 0.306 e. The fourth-order valence-electron chi connectivity index (χ4n) is 5.95. The number of fused-ring (bicyclic) bond motifs is 1. The zero-order valence-corrected chi connectivity index (χ0v) is 25.2. The fourth-order valence-corrected chi connectivity index (χ4v) is 5.95. The number of hydrogen-bond donors (Lipinski definition) is 2. The summed E-state index contributed by atoms with van der Waals surface area (Å²) >= 11 is 0. The Bertz CT molecular complexity index is 1440. The zero-order chi connectivity index (χ0) is 30.6. The van der Waals surface area contributed by atoms with Crippen LogP contribution in [0.5, 0.6) is 11.5 Å². The summed E-state index contributed by atoms with van der Waals surface area (Å²) in [6.45, 7) is 7.55. The van der Waals surface area contributed by atoms with Crippen LogP contribution in [0.1, 0.15) is 75.7 Å². The number of hydrogen-bond acceptors (Lipinski definition) is 7. The molecule has 2 amide bonds. The number of rotatable bonds is 9. The number of primary amides is 1. The number of esters is 1. The molecule has 10 nitrogen and oxygen atoms in total. The third kappa shape index (κ3) is 7.36. The van der Waals surface area contributed by atoms with Crippen LogP contribution in [-0.4, -0.2) is 57.7 Å². The molecule has 3 N–H and O–H groups in total. The molecule has 3 heterocycles. The van der Waals surface area contributed by atoms with Crippen molar-refractivity contribution in [2.75, 3.05) is 25.0 Å². The van der Waals surface area contributed by atoms with E-state index in [1.807, 2.05) is 85.0 Å². The van der Waals surface area contributed by atoms with Crippen LogP contribution in [0.2, 0.25) is 0 Å². The Kier molecular flexibility index (Phi) is 9.03. The minimum Gasteiger partial charge on any atom is -0.460 e. The van der Waals surface area contributed by atoms with Crippen LogP contribution >= 0.6 is 0 Å². The van der Waals surface area contributed by atoms with Crippen molar-refractivity contribution in [2.45, 2.75) is 70.9 Å². The third-order valence-electron chi connectivity index (χ3n) is 7.94. The molecule has 0 spiro atoms. The van der Waals surface area contributed by atoms with E-state index < -0.39 is 11.5 Å². The number of ether oxygens (including phenoxy) is 2. The second-order valence-electron chi connectivity index (χ2n) is 12.3. The van der Waals surface area contributed by atoms with E-state index in [1.165, 1.54) is 0 Å². The van der Waals surface area contributed by atoms with Gasteiger partial charge >= 0.3 is 5.97 Å². The summed E-state index contributed by atoms with van der Waals surface area (Å²) < 4.78 is 13.2. The number of benzene rings is 2. The van der Waals surface area contributed by atoms with Gasteiger partial charge in [-0.3, -0.25) is 14.4 Å². The fraction of sp³-hybridized carbons (Fsp3) is 0.455. The van der Waals surface area contributed by atoms with Gasteiger partial charge in [-0.05, 0) is 88.8 Å². The van der Waals surface area contributed by atoms with Gasteiger partial charge < -0.3 is 25.4 Å². The molecule has 5 rings (SSSR count). The number of amides is 2. The van der Waals surface area contributed by atoms with Crippen molar-refractivity contribution in [1.82, 2.24) is 14.7 Å². The van der Waals surface area contributed by atoms with Crippen LogP contribution in [-0.2, 0) is 14.3 Å². The van der Waals surface area contributed by atoms with E-state index in [2.05, 4.69) is 5.32 Å². The average molecular weight is 588 g/mol. The molecular weight excluding hydrogens is 546 g/mol. The number of piperidine rings is 1. The van der Waals surface area contributed by atoms with Crippen molar-refractivity contribution in [3.05, 3.63) is 60.2 Å². The van der Waals surface area contributed by atoms with Crippen LogP contribution in [0, 0.1) is 5.92 Å². The van der Waals surface area contributed by atoms with E-state index in [9.17, 15) is 14.4 Å². The largest absolute Gasteiger partial charge is 0.460 e. The van der Waals surface area contributed by atoms with Crippen molar-refractivity contribution in [3.63, 3.8) is 0 Å². The lowest BCUT2D eigenvalue weighted by atomic mass is 9.86.